The van der Waals surface area contributed by atoms with Crippen molar-refractivity contribution in [2.75, 3.05) is 0 Å². The average molecular weight is 270 g/mol. The number of hydrogen-bond donors (Lipinski definition) is 1. The van der Waals surface area contributed by atoms with Gasteiger partial charge in [0.05, 0.1) is 5.52 Å². The topological polar surface area (TPSA) is 15.8 Å². The number of H-pyrrole nitrogens is 1. The number of fused-ring (bicyclic) bond motifs is 1. The predicted molar refractivity (Wildman–Crippen MR) is 64.6 cm³/mol. The van der Waals surface area contributed by atoms with Crippen LogP contribution in [0.3, 0.4) is 0 Å². The standard InChI is InChI=1S/C12H13BrFN/c1-2-3-4-8-7-15-12-10(8)5-9(14)6-11(12)13/h5-7,15H,2-4H2,1H3. The molecule has 80 valence electrons. The van der Waals surface area contributed by atoms with E-state index in [-0.39, 0.29) is 5.82 Å². The predicted octanol–water partition coefficient (Wildman–Crippen LogP) is 4.41. The Kier molecular flexibility index (Phi) is 3.10. The Morgan fingerprint density at radius 3 is 2.93 bits per heavy atom. The zero-order valence-corrected chi connectivity index (χ0v) is 10.2. The molecule has 1 nitrogen and oxygen atoms in total. The van der Waals surface area contributed by atoms with Crippen LogP contribution in [0.5, 0.6) is 0 Å². The Morgan fingerprint density at radius 1 is 1.40 bits per heavy atom. The Bertz CT molecular complexity index is 476. The summed E-state index contributed by atoms with van der Waals surface area (Å²) in [5, 5.41) is 0.996. The molecule has 0 radical (unpaired) electrons. The van der Waals surface area contributed by atoms with Crippen molar-refractivity contribution in [2.24, 2.45) is 0 Å². The van der Waals surface area contributed by atoms with E-state index in [1.807, 2.05) is 6.20 Å². The molecule has 0 fully saturated rings. The number of unbranched alkanes of at least 4 members (excludes halogenated alkanes) is 1. The number of aryl methyl sites for hydroxylation is 1. The van der Waals surface area contributed by atoms with Crippen molar-refractivity contribution in [1.82, 2.24) is 4.98 Å². The van der Waals surface area contributed by atoms with Crippen LogP contribution in [0.1, 0.15) is 25.3 Å². The van der Waals surface area contributed by atoms with E-state index < -0.39 is 0 Å². The van der Waals surface area contributed by atoms with Crippen LogP contribution in [0.2, 0.25) is 0 Å². The van der Waals surface area contributed by atoms with E-state index in [0.717, 1.165) is 34.6 Å². The maximum Gasteiger partial charge on any atom is 0.125 e. The first-order chi connectivity index (χ1) is 7.22. The van der Waals surface area contributed by atoms with Crippen LogP contribution in [0.4, 0.5) is 4.39 Å². The lowest BCUT2D eigenvalue weighted by Gasteiger charge is -1.99. The second-order valence-corrected chi connectivity index (χ2v) is 4.58. The molecule has 0 atom stereocenters. The van der Waals surface area contributed by atoms with Crippen molar-refractivity contribution >= 4 is 26.8 Å². The summed E-state index contributed by atoms with van der Waals surface area (Å²) in [4.78, 5) is 3.18. The Morgan fingerprint density at radius 2 is 2.20 bits per heavy atom. The normalized spacial score (nSPS) is 11.1. The molecule has 0 saturated carbocycles. The first-order valence-corrected chi connectivity index (χ1v) is 5.96. The lowest BCUT2D eigenvalue weighted by molar-refractivity contribution is 0.629. The number of nitrogens with one attached hydrogen (secondary N) is 1. The molecule has 1 aromatic carbocycles. The largest absolute Gasteiger partial charge is 0.360 e. The van der Waals surface area contributed by atoms with E-state index in [1.54, 1.807) is 6.07 Å². The monoisotopic (exact) mass is 269 g/mol. The summed E-state index contributed by atoms with van der Waals surface area (Å²) < 4.78 is 14.0. The van der Waals surface area contributed by atoms with E-state index in [2.05, 4.69) is 27.8 Å². The van der Waals surface area contributed by atoms with Crippen LogP contribution in [0.25, 0.3) is 10.9 Å². The minimum Gasteiger partial charge on any atom is -0.360 e. The molecule has 3 heteroatoms. The van der Waals surface area contributed by atoms with Crippen molar-refractivity contribution in [3.05, 3.63) is 34.2 Å². The first-order valence-electron chi connectivity index (χ1n) is 5.17. The van der Waals surface area contributed by atoms with Gasteiger partial charge < -0.3 is 4.98 Å². The smallest absolute Gasteiger partial charge is 0.125 e. The summed E-state index contributed by atoms with van der Waals surface area (Å²) >= 11 is 3.36. The second-order valence-electron chi connectivity index (χ2n) is 3.73. The van der Waals surface area contributed by atoms with E-state index in [0.29, 0.717) is 0 Å². The fraction of sp³-hybridized carbons (Fsp3) is 0.333. The molecule has 0 spiro atoms. The highest BCUT2D eigenvalue weighted by molar-refractivity contribution is 9.10. The van der Waals surface area contributed by atoms with Crippen molar-refractivity contribution in [3.63, 3.8) is 0 Å². The van der Waals surface area contributed by atoms with Crippen LogP contribution in [0, 0.1) is 5.82 Å². The molecule has 1 aromatic heterocycles. The highest BCUT2D eigenvalue weighted by atomic mass is 79.9. The second kappa shape index (κ2) is 4.35. The maximum absolute atomic E-state index is 13.2. The van der Waals surface area contributed by atoms with E-state index in [4.69, 9.17) is 0 Å². The van der Waals surface area contributed by atoms with Crippen molar-refractivity contribution < 1.29 is 4.39 Å². The SMILES string of the molecule is CCCCc1c[nH]c2c(Br)cc(F)cc12. The lowest BCUT2D eigenvalue weighted by Crippen LogP contribution is -1.83. The molecule has 0 bridgehead atoms. The quantitative estimate of drug-likeness (QED) is 0.850. The summed E-state index contributed by atoms with van der Waals surface area (Å²) in [7, 11) is 0. The number of hydrogen-bond acceptors (Lipinski definition) is 0. The van der Waals surface area contributed by atoms with Crippen molar-refractivity contribution in [3.8, 4) is 0 Å². The molecule has 0 amide bonds. The summed E-state index contributed by atoms with van der Waals surface area (Å²) in [6.45, 7) is 2.16. The van der Waals surface area contributed by atoms with Crippen molar-refractivity contribution in [1.29, 1.82) is 0 Å². The van der Waals surface area contributed by atoms with Crippen LogP contribution in [-0.4, -0.2) is 4.98 Å². The van der Waals surface area contributed by atoms with E-state index in [1.165, 1.54) is 11.6 Å². The average Bonchev–Trinajstić information content (AvgIpc) is 2.58. The van der Waals surface area contributed by atoms with Gasteiger partial charge in [-0.25, -0.2) is 4.39 Å². The minimum absolute atomic E-state index is 0.188. The number of halogens is 2. The molecule has 0 aliphatic heterocycles. The molecule has 0 saturated heterocycles. The molecular formula is C12H13BrFN. The number of benzene rings is 1. The van der Waals surface area contributed by atoms with Gasteiger partial charge in [-0.3, -0.25) is 0 Å². The highest BCUT2D eigenvalue weighted by Gasteiger charge is 2.07. The fourth-order valence-corrected chi connectivity index (χ4v) is 2.33. The number of rotatable bonds is 3. The molecule has 15 heavy (non-hydrogen) atoms. The third-order valence-corrected chi connectivity index (χ3v) is 3.22. The Labute approximate surface area is 96.8 Å². The first kappa shape index (κ1) is 10.7. The summed E-state index contributed by atoms with van der Waals surface area (Å²) in [6.07, 6.45) is 5.28. The molecule has 2 aromatic rings. The van der Waals surface area contributed by atoms with Crippen LogP contribution >= 0.6 is 15.9 Å². The van der Waals surface area contributed by atoms with Crippen molar-refractivity contribution in [2.45, 2.75) is 26.2 Å². The van der Waals surface area contributed by atoms with Gasteiger partial charge in [-0.05, 0) is 46.5 Å². The Balaban J connectivity index is 2.49. The van der Waals surface area contributed by atoms with E-state index in [9.17, 15) is 4.39 Å². The Hall–Kier alpha value is -0.830. The van der Waals surface area contributed by atoms with Gasteiger partial charge in [-0.2, -0.15) is 0 Å². The molecule has 0 aliphatic rings. The van der Waals surface area contributed by atoms with Gasteiger partial charge in [0.2, 0.25) is 0 Å². The third-order valence-electron chi connectivity index (χ3n) is 2.59. The summed E-state index contributed by atoms with van der Waals surface area (Å²) in [5.41, 5.74) is 2.19. The number of aromatic amines is 1. The van der Waals surface area contributed by atoms with Gasteiger partial charge in [0.1, 0.15) is 5.82 Å². The molecule has 1 heterocycles. The zero-order chi connectivity index (χ0) is 10.8. The molecule has 1 N–H and O–H groups in total. The van der Waals surface area contributed by atoms with Gasteiger partial charge in [0.15, 0.2) is 0 Å². The van der Waals surface area contributed by atoms with Gasteiger partial charge in [0.25, 0.3) is 0 Å². The molecule has 0 unspecified atom stereocenters. The van der Waals surface area contributed by atoms with E-state index >= 15 is 0 Å². The van der Waals surface area contributed by atoms with Crippen LogP contribution < -0.4 is 0 Å². The zero-order valence-electron chi connectivity index (χ0n) is 8.61. The third kappa shape index (κ3) is 2.07. The van der Waals surface area contributed by atoms with Gasteiger partial charge in [-0.1, -0.05) is 13.3 Å². The van der Waals surface area contributed by atoms with Gasteiger partial charge in [0, 0.05) is 16.1 Å². The molecule has 0 aliphatic carbocycles. The maximum atomic E-state index is 13.2. The van der Waals surface area contributed by atoms with Crippen LogP contribution in [-0.2, 0) is 6.42 Å². The minimum atomic E-state index is -0.188. The van der Waals surface area contributed by atoms with Gasteiger partial charge >= 0.3 is 0 Å². The van der Waals surface area contributed by atoms with Crippen LogP contribution in [0.15, 0.2) is 22.8 Å². The molecule has 2 rings (SSSR count). The number of aromatic nitrogens is 1. The molecular weight excluding hydrogens is 257 g/mol. The summed E-state index contributed by atoms with van der Waals surface area (Å²) in [5.74, 6) is -0.188. The van der Waals surface area contributed by atoms with Gasteiger partial charge in [-0.15, -0.1) is 0 Å². The summed E-state index contributed by atoms with van der Waals surface area (Å²) in [6, 6.07) is 3.09. The fourth-order valence-electron chi connectivity index (χ4n) is 1.78. The lowest BCUT2D eigenvalue weighted by atomic mass is 10.1. The highest BCUT2D eigenvalue weighted by Crippen LogP contribution is 2.27.